The van der Waals surface area contributed by atoms with Gasteiger partial charge in [0, 0.05) is 18.9 Å². The van der Waals surface area contributed by atoms with E-state index < -0.39 is 6.29 Å². The van der Waals surface area contributed by atoms with Crippen molar-refractivity contribution in [2.24, 2.45) is 5.92 Å². The van der Waals surface area contributed by atoms with Gasteiger partial charge in [-0.1, -0.05) is 6.08 Å². The maximum atomic E-state index is 8.48. The molecule has 3 nitrogen and oxygen atoms in total. The molecule has 0 amide bonds. The van der Waals surface area contributed by atoms with Crippen LogP contribution in [0.3, 0.4) is 0 Å². The minimum atomic E-state index is -1.35. The summed E-state index contributed by atoms with van der Waals surface area (Å²) in [6.45, 7) is 3.32. The fourth-order valence-electron chi connectivity index (χ4n) is 0.516. The summed E-state index contributed by atoms with van der Waals surface area (Å²) in [5, 5.41) is 25.2. The van der Waals surface area contributed by atoms with E-state index in [1.807, 2.05) is 0 Å². The maximum absolute atomic E-state index is 8.48. The van der Waals surface area contributed by atoms with Crippen LogP contribution in [0.2, 0.25) is 0 Å². The van der Waals surface area contributed by atoms with Crippen molar-refractivity contribution in [2.45, 2.75) is 12.7 Å². The van der Waals surface area contributed by atoms with Crippen LogP contribution in [-0.4, -0.2) is 28.2 Å². The molecule has 1 atom stereocenters. The van der Waals surface area contributed by atoms with Crippen LogP contribution in [0.5, 0.6) is 0 Å². The average molecular weight is 132 g/mol. The number of aliphatic hydroxyl groups excluding tert-OH is 2. The Balaban J connectivity index is 3.42. The first-order valence-electron chi connectivity index (χ1n) is 2.80. The first-order chi connectivity index (χ1) is 4.20. The molecule has 0 fully saturated rings. The Morgan fingerprint density at radius 3 is 2.11 bits per heavy atom. The van der Waals surface area contributed by atoms with Gasteiger partial charge in [0.25, 0.3) is 0 Å². The Morgan fingerprint density at radius 2 is 2.00 bits per heavy atom. The van der Waals surface area contributed by atoms with E-state index in [4.69, 9.17) is 15.3 Å². The fourth-order valence-corrected chi connectivity index (χ4v) is 0.516. The zero-order valence-electron chi connectivity index (χ0n) is 5.20. The van der Waals surface area contributed by atoms with Gasteiger partial charge >= 0.3 is 0 Å². The molecule has 0 heterocycles. The molecule has 0 rings (SSSR count). The second kappa shape index (κ2) is 4.49. The van der Waals surface area contributed by atoms with Crippen molar-refractivity contribution in [3.05, 3.63) is 12.7 Å². The third kappa shape index (κ3) is 4.14. The van der Waals surface area contributed by atoms with E-state index >= 15 is 0 Å². The summed E-state index contributed by atoms with van der Waals surface area (Å²) in [5.74, 6) is -0.204. The lowest BCUT2D eigenvalue weighted by Gasteiger charge is -2.08. The standard InChI is InChI=1S/C6H12O3/c1-2-5(4-7)3-6(8)9/h2,5-9H,1,3-4H2. The van der Waals surface area contributed by atoms with E-state index in [0.717, 1.165) is 0 Å². The Morgan fingerprint density at radius 1 is 1.44 bits per heavy atom. The van der Waals surface area contributed by atoms with Crippen LogP contribution in [0.15, 0.2) is 12.7 Å². The van der Waals surface area contributed by atoms with E-state index in [1.165, 1.54) is 6.08 Å². The average Bonchev–Trinajstić information content (AvgIpc) is 1.82. The van der Waals surface area contributed by atoms with E-state index in [-0.39, 0.29) is 18.9 Å². The number of hydrogen-bond acceptors (Lipinski definition) is 3. The molecule has 9 heavy (non-hydrogen) atoms. The van der Waals surface area contributed by atoms with Crippen LogP contribution in [0.4, 0.5) is 0 Å². The third-order valence-electron chi connectivity index (χ3n) is 1.08. The van der Waals surface area contributed by atoms with Gasteiger partial charge < -0.3 is 15.3 Å². The highest BCUT2D eigenvalue weighted by Gasteiger charge is 2.06. The van der Waals surface area contributed by atoms with Gasteiger partial charge in [0.1, 0.15) is 0 Å². The quantitative estimate of drug-likeness (QED) is 0.356. The summed E-state index contributed by atoms with van der Waals surface area (Å²) >= 11 is 0. The monoisotopic (exact) mass is 132 g/mol. The second-order valence-corrected chi connectivity index (χ2v) is 1.89. The first-order valence-corrected chi connectivity index (χ1v) is 2.80. The van der Waals surface area contributed by atoms with Gasteiger partial charge in [-0.05, 0) is 0 Å². The van der Waals surface area contributed by atoms with Gasteiger partial charge in [0.05, 0.1) is 0 Å². The molecule has 0 aromatic rings. The van der Waals surface area contributed by atoms with Crippen molar-refractivity contribution < 1.29 is 15.3 Å². The fraction of sp³-hybridized carbons (Fsp3) is 0.667. The van der Waals surface area contributed by atoms with Gasteiger partial charge in [0.2, 0.25) is 0 Å². The van der Waals surface area contributed by atoms with Crippen LogP contribution in [0, 0.1) is 5.92 Å². The van der Waals surface area contributed by atoms with Crippen molar-refractivity contribution in [3.63, 3.8) is 0 Å². The summed E-state index contributed by atoms with van der Waals surface area (Å²) in [7, 11) is 0. The van der Waals surface area contributed by atoms with Crippen LogP contribution in [0.25, 0.3) is 0 Å². The van der Waals surface area contributed by atoms with Crippen molar-refractivity contribution in [3.8, 4) is 0 Å². The SMILES string of the molecule is C=CC(CO)CC(O)O. The zero-order chi connectivity index (χ0) is 7.28. The van der Waals surface area contributed by atoms with Gasteiger partial charge in [-0.25, -0.2) is 0 Å². The number of hydrogen-bond donors (Lipinski definition) is 3. The van der Waals surface area contributed by atoms with Gasteiger partial charge in [-0.15, -0.1) is 6.58 Å². The Hall–Kier alpha value is -0.380. The molecule has 0 aliphatic heterocycles. The highest BCUT2D eigenvalue weighted by Crippen LogP contribution is 2.04. The largest absolute Gasteiger partial charge is 0.396 e. The summed E-state index contributed by atoms with van der Waals surface area (Å²) < 4.78 is 0. The lowest BCUT2D eigenvalue weighted by Crippen LogP contribution is -2.13. The minimum Gasteiger partial charge on any atom is -0.396 e. The molecule has 3 N–H and O–H groups in total. The van der Waals surface area contributed by atoms with Crippen LogP contribution < -0.4 is 0 Å². The van der Waals surface area contributed by atoms with E-state index in [2.05, 4.69) is 6.58 Å². The van der Waals surface area contributed by atoms with Gasteiger partial charge in [-0.2, -0.15) is 0 Å². The normalized spacial score (nSPS) is 13.8. The zero-order valence-corrected chi connectivity index (χ0v) is 5.20. The smallest absolute Gasteiger partial charge is 0.152 e. The molecular formula is C6H12O3. The van der Waals surface area contributed by atoms with Crippen molar-refractivity contribution in [1.82, 2.24) is 0 Å². The molecular weight excluding hydrogens is 120 g/mol. The topological polar surface area (TPSA) is 60.7 Å². The summed E-state index contributed by atoms with van der Waals surface area (Å²) in [5.41, 5.74) is 0. The van der Waals surface area contributed by atoms with Crippen molar-refractivity contribution in [2.75, 3.05) is 6.61 Å². The molecule has 0 spiro atoms. The molecule has 3 heteroatoms. The van der Waals surface area contributed by atoms with Gasteiger partial charge in [0.15, 0.2) is 6.29 Å². The lowest BCUT2D eigenvalue weighted by molar-refractivity contribution is -0.0557. The molecule has 0 aliphatic carbocycles. The Kier molecular flexibility index (Phi) is 4.30. The molecule has 0 aromatic carbocycles. The molecule has 54 valence electrons. The molecule has 0 aromatic heterocycles. The van der Waals surface area contributed by atoms with Crippen LogP contribution in [-0.2, 0) is 0 Å². The maximum Gasteiger partial charge on any atom is 0.152 e. The highest BCUT2D eigenvalue weighted by molar-refractivity contribution is 4.78. The van der Waals surface area contributed by atoms with Crippen molar-refractivity contribution >= 4 is 0 Å². The second-order valence-electron chi connectivity index (χ2n) is 1.89. The third-order valence-corrected chi connectivity index (χ3v) is 1.08. The lowest BCUT2D eigenvalue weighted by atomic mass is 10.1. The Labute approximate surface area is 54.3 Å². The highest BCUT2D eigenvalue weighted by atomic mass is 16.5. The van der Waals surface area contributed by atoms with E-state index in [9.17, 15) is 0 Å². The molecule has 1 unspecified atom stereocenters. The summed E-state index contributed by atoms with van der Waals surface area (Å²) in [6, 6.07) is 0. The number of rotatable bonds is 4. The summed E-state index contributed by atoms with van der Waals surface area (Å²) in [6.07, 6.45) is 0.305. The number of aliphatic hydroxyl groups is 3. The molecule has 0 aliphatic rings. The summed E-state index contributed by atoms with van der Waals surface area (Å²) in [4.78, 5) is 0. The first kappa shape index (κ1) is 8.62. The predicted octanol–water partition coefficient (Wildman–Crippen LogP) is -0.518. The van der Waals surface area contributed by atoms with E-state index in [1.54, 1.807) is 0 Å². The molecule has 0 saturated carbocycles. The molecule has 0 bridgehead atoms. The molecule has 0 radical (unpaired) electrons. The van der Waals surface area contributed by atoms with Crippen molar-refractivity contribution in [1.29, 1.82) is 0 Å². The molecule has 0 saturated heterocycles. The van der Waals surface area contributed by atoms with Crippen LogP contribution in [0.1, 0.15) is 6.42 Å². The minimum absolute atomic E-state index is 0.0822. The van der Waals surface area contributed by atoms with Gasteiger partial charge in [-0.3, -0.25) is 0 Å². The van der Waals surface area contributed by atoms with Crippen LogP contribution >= 0.6 is 0 Å². The predicted molar refractivity (Wildman–Crippen MR) is 33.6 cm³/mol. The van der Waals surface area contributed by atoms with E-state index in [0.29, 0.717) is 0 Å². The Bertz CT molecular complexity index is 80.4.